The van der Waals surface area contributed by atoms with Crippen molar-refractivity contribution in [1.29, 1.82) is 0 Å². The maximum Gasteiger partial charge on any atom is 0.410 e. The summed E-state index contributed by atoms with van der Waals surface area (Å²) in [5, 5.41) is 6.14. The molecule has 194 valence electrons. The van der Waals surface area contributed by atoms with Gasteiger partial charge in [-0.2, -0.15) is 0 Å². The number of benzene rings is 3. The van der Waals surface area contributed by atoms with Crippen molar-refractivity contribution in [2.75, 3.05) is 24.3 Å². The summed E-state index contributed by atoms with van der Waals surface area (Å²) in [7, 11) is 1.60. The number of hydrogen-bond acceptors (Lipinski definition) is 7. The normalized spacial score (nSPS) is 14.8. The summed E-state index contributed by atoms with van der Waals surface area (Å²) >= 11 is 1.36. The molecule has 9 nitrogen and oxygen atoms in total. The molecule has 1 unspecified atom stereocenters. The summed E-state index contributed by atoms with van der Waals surface area (Å²) in [5.74, 6) is 0.125. The monoisotopic (exact) mass is 530 g/mol. The number of hydrogen-bond donors (Lipinski definition) is 2. The second-order valence-electron chi connectivity index (χ2n) is 8.77. The van der Waals surface area contributed by atoms with Gasteiger partial charge in [0.2, 0.25) is 5.91 Å². The number of nitrogens with one attached hydrogen (secondary N) is 2. The first-order valence-corrected chi connectivity index (χ1v) is 13.0. The van der Waals surface area contributed by atoms with E-state index in [-0.39, 0.29) is 18.4 Å². The predicted octanol–water partition coefficient (Wildman–Crippen LogP) is 5.30. The van der Waals surface area contributed by atoms with Gasteiger partial charge in [0, 0.05) is 17.8 Å². The molecule has 0 saturated carbocycles. The number of ether oxygens (including phenoxy) is 2. The zero-order valence-electron chi connectivity index (χ0n) is 20.7. The summed E-state index contributed by atoms with van der Waals surface area (Å²) in [5.41, 5.74) is 2.61. The van der Waals surface area contributed by atoms with Crippen LogP contribution in [0.2, 0.25) is 0 Å². The Hall–Kier alpha value is -4.44. The number of aromatic nitrogens is 1. The molecule has 1 saturated heterocycles. The summed E-state index contributed by atoms with van der Waals surface area (Å²) in [6, 6.07) is 20.9. The zero-order valence-corrected chi connectivity index (χ0v) is 21.5. The molecular weight excluding hydrogens is 504 g/mol. The Labute approximate surface area is 223 Å². The van der Waals surface area contributed by atoms with E-state index in [2.05, 4.69) is 15.6 Å². The largest absolute Gasteiger partial charge is 0.497 e. The number of thiazole rings is 1. The molecule has 1 fully saturated rings. The third kappa shape index (κ3) is 5.76. The van der Waals surface area contributed by atoms with Gasteiger partial charge in [-0.15, -0.1) is 0 Å². The predicted molar refractivity (Wildman–Crippen MR) is 146 cm³/mol. The van der Waals surface area contributed by atoms with E-state index in [1.807, 2.05) is 48.5 Å². The first-order valence-electron chi connectivity index (χ1n) is 12.1. The molecule has 1 aliphatic heterocycles. The Morgan fingerprint density at radius 1 is 1.03 bits per heavy atom. The van der Waals surface area contributed by atoms with Gasteiger partial charge in [0.25, 0.3) is 5.91 Å². The number of likely N-dealkylation sites (tertiary alicyclic amines) is 1. The first-order chi connectivity index (χ1) is 18.5. The van der Waals surface area contributed by atoms with Crippen LogP contribution in [0, 0.1) is 0 Å². The van der Waals surface area contributed by atoms with E-state index in [1.54, 1.807) is 31.4 Å². The minimum Gasteiger partial charge on any atom is -0.497 e. The van der Waals surface area contributed by atoms with Crippen LogP contribution in [0.4, 0.5) is 15.6 Å². The lowest BCUT2D eigenvalue weighted by atomic mass is 10.1. The topological polar surface area (TPSA) is 110 Å². The number of amides is 3. The average molecular weight is 531 g/mol. The summed E-state index contributed by atoms with van der Waals surface area (Å²) in [4.78, 5) is 44.2. The second kappa shape index (κ2) is 11.3. The molecular formula is C28H26N4O5S. The van der Waals surface area contributed by atoms with E-state index in [4.69, 9.17) is 9.47 Å². The molecule has 3 aromatic carbocycles. The van der Waals surface area contributed by atoms with Crippen LogP contribution in [-0.4, -0.2) is 47.5 Å². The summed E-state index contributed by atoms with van der Waals surface area (Å²) < 4.78 is 11.6. The summed E-state index contributed by atoms with van der Waals surface area (Å²) in [6.45, 7) is 0.614. The van der Waals surface area contributed by atoms with Gasteiger partial charge in [0.1, 0.15) is 18.4 Å². The van der Waals surface area contributed by atoms with Crippen LogP contribution in [0.15, 0.2) is 72.8 Å². The number of carbonyl (C=O) groups is 3. The van der Waals surface area contributed by atoms with Gasteiger partial charge < -0.3 is 14.8 Å². The van der Waals surface area contributed by atoms with Crippen molar-refractivity contribution < 1.29 is 23.9 Å². The molecule has 4 aromatic rings. The van der Waals surface area contributed by atoms with E-state index < -0.39 is 12.1 Å². The zero-order chi connectivity index (χ0) is 26.5. The molecule has 38 heavy (non-hydrogen) atoms. The fourth-order valence-corrected chi connectivity index (χ4v) is 5.13. The van der Waals surface area contributed by atoms with E-state index in [0.29, 0.717) is 29.3 Å². The highest BCUT2D eigenvalue weighted by molar-refractivity contribution is 7.22. The Morgan fingerprint density at radius 3 is 2.58 bits per heavy atom. The van der Waals surface area contributed by atoms with Crippen molar-refractivity contribution in [3.05, 3.63) is 83.9 Å². The highest BCUT2D eigenvalue weighted by Gasteiger charge is 2.35. The van der Waals surface area contributed by atoms with Crippen molar-refractivity contribution in [1.82, 2.24) is 9.88 Å². The van der Waals surface area contributed by atoms with Crippen molar-refractivity contribution >= 4 is 50.3 Å². The molecule has 0 aliphatic carbocycles. The van der Waals surface area contributed by atoms with Gasteiger partial charge in [-0.05, 0) is 60.9 Å². The molecule has 0 bridgehead atoms. The third-order valence-electron chi connectivity index (χ3n) is 6.23. The van der Waals surface area contributed by atoms with Crippen LogP contribution >= 0.6 is 11.3 Å². The molecule has 1 aromatic heterocycles. The van der Waals surface area contributed by atoms with E-state index >= 15 is 0 Å². The fraction of sp³-hybridized carbons (Fsp3) is 0.214. The number of carbonyl (C=O) groups excluding carboxylic acids is 3. The number of rotatable bonds is 7. The van der Waals surface area contributed by atoms with Gasteiger partial charge >= 0.3 is 6.09 Å². The Balaban J connectivity index is 1.16. The molecule has 5 rings (SSSR count). The van der Waals surface area contributed by atoms with E-state index in [9.17, 15) is 14.4 Å². The molecule has 2 heterocycles. The number of methoxy groups -OCH3 is 1. The first kappa shape index (κ1) is 25.2. The van der Waals surface area contributed by atoms with Crippen LogP contribution in [0.3, 0.4) is 0 Å². The minimum atomic E-state index is -0.612. The fourth-order valence-electron chi connectivity index (χ4n) is 4.25. The van der Waals surface area contributed by atoms with Crippen LogP contribution in [0.25, 0.3) is 10.2 Å². The molecule has 2 N–H and O–H groups in total. The Morgan fingerprint density at radius 2 is 1.82 bits per heavy atom. The SMILES string of the molecule is COc1ccc2nc(NC(=O)c3ccc(NC(=O)C4CCCN4C(=O)OCc4ccccc4)cc3)sc2c1. The quantitative estimate of drug-likeness (QED) is 0.336. The Bertz CT molecular complexity index is 1460. The van der Waals surface area contributed by atoms with Gasteiger partial charge in [0.15, 0.2) is 5.13 Å². The standard InChI is InChI=1S/C28H26N4O5S/c1-36-21-13-14-22-24(16-21)38-27(30-22)31-25(33)19-9-11-20(12-10-19)29-26(34)23-8-5-15-32(23)28(35)37-17-18-6-3-2-4-7-18/h2-4,6-7,9-14,16,23H,5,8,15,17H2,1H3,(H,29,34)(H,30,31,33). The number of nitrogens with zero attached hydrogens (tertiary/aromatic N) is 2. The molecule has 0 spiro atoms. The van der Waals surface area contributed by atoms with Gasteiger partial charge in [0.05, 0.1) is 17.3 Å². The number of fused-ring (bicyclic) bond motifs is 1. The molecule has 0 radical (unpaired) electrons. The molecule has 1 aliphatic rings. The highest BCUT2D eigenvalue weighted by atomic mass is 32.1. The Kier molecular flexibility index (Phi) is 7.50. The van der Waals surface area contributed by atoms with Crippen molar-refractivity contribution in [2.45, 2.75) is 25.5 Å². The lowest BCUT2D eigenvalue weighted by Crippen LogP contribution is -2.43. The third-order valence-corrected chi connectivity index (χ3v) is 7.16. The van der Waals surface area contributed by atoms with Crippen molar-refractivity contribution in [3.8, 4) is 5.75 Å². The maximum absolute atomic E-state index is 12.9. The van der Waals surface area contributed by atoms with Gasteiger partial charge in [-0.25, -0.2) is 9.78 Å². The van der Waals surface area contributed by atoms with Crippen LogP contribution in [0.1, 0.15) is 28.8 Å². The van der Waals surface area contributed by atoms with Crippen LogP contribution in [0.5, 0.6) is 5.75 Å². The minimum absolute atomic E-state index is 0.152. The average Bonchev–Trinajstić information content (AvgIpc) is 3.59. The van der Waals surface area contributed by atoms with E-state index in [1.165, 1.54) is 16.2 Å². The second-order valence-corrected chi connectivity index (χ2v) is 9.80. The lowest BCUT2D eigenvalue weighted by Gasteiger charge is -2.23. The lowest BCUT2D eigenvalue weighted by molar-refractivity contribution is -0.120. The number of anilines is 2. The highest BCUT2D eigenvalue weighted by Crippen LogP contribution is 2.29. The smallest absolute Gasteiger partial charge is 0.410 e. The van der Waals surface area contributed by atoms with E-state index in [0.717, 1.165) is 28.0 Å². The van der Waals surface area contributed by atoms with Crippen LogP contribution in [-0.2, 0) is 16.1 Å². The summed E-state index contributed by atoms with van der Waals surface area (Å²) in [6.07, 6.45) is 0.767. The maximum atomic E-state index is 12.9. The van der Waals surface area contributed by atoms with Crippen molar-refractivity contribution in [2.24, 2.45) is 0 Å². The van der Waals surface area contributed by atoms with Crippen LogP contribution < -0.4 is 15.4 Å². The molecule has 1 atom stereocenters. The molecule has 3 amide bonds. The van der Waals surface area contributed by atoms with Crippen molar-refractivity contribution in [3.63, 3.8) is 0 Å². The van der Waals surface area contributed by atoms with Gasteiger partial charge in [-0.3, -0.25) is 19.8 Å². The van der Waals surface area contributed by atoms with Gasteiger partial charge in [-0.1, -0.05) is 41.7 Å². The molecule has 10 heteroatoms.